The first kappa shape index (κ1) is 10.6. The summed E-state index contributed by atoms with van der Waals surface area (Å²) >= 11 is 5.81. The first-order chi connectivity index (χ1) is 7.75. The van der Waals surface area contributed by atoms with Gasteiger partial charge in [-0.1, -0.05) is 17.7 Å². The van der Waals surface area contributed by atoms with Gasteiger partial charge >= 0.3 is 0 Å². The van der Waals surface area contributed by atoms with Crippen molar-refractivity contribution in [1.82, 2.24) is 4.98 Å². The zero-order valence-electron chi connectivity index (χ0n) is 8.34. The molecule has 0 spiro atoms. The normalized spacial score (nSPS) is 10.8. The number of aromatic hydroxyl groups is 1. The summed E-state index contributed by atoms with van der Waals surface area (Å²) in [6, 6.07) is 10.2. The fourth-order valence-electron chi connectivity index (χ4n) is 1.19. The molecule has 1 heterocycles. The Balaban J connectivity index is 2.27. The van der Waals surface area contributed by atoms with Gasteiger partial charge in [0.05, 0.1) is 0 Å². The predicted molar refractivity (Wildman–Crippen MR) is 64.6 cm³/mol. The average Bonchev–Trinajstić information content (AvgIpc) is 2.32. The molecule has 0 saturated heterocycles. The van der Waals surface area contributed by atoms with Gasteiger partial charge < -0.3 is 5.11 Å². The minimum atomic E-state index is 0.143. The lowest BCUT2D eigenvalue weighted by Crippen LogP contribution is -1.82. The summed E-state index contributed by atoms with van der Waals surface area (Å²) in [6.45, 7) is 0. The molecule has 4 heteroatoms. The largest absolute Gasteiger partial charge is 0.507 e. The van der Waals surface area contributed by atoms with Gasteiger partial charge in [0.15, 0.2) is 5.82 Å². The van der Waals surface area contributed by atoms with E-state index < -0.39 is 0 Å². The number of benzene rings is 1. The predicted octanol–water partition coefficient (Wildman–Crippen LogP) is 3.19. The van der Waals surface area contributed by atoms with Crippen molar-refractivity contribution >= 4 is 23.6 Å². The number of phenolic OH excluding ortho intramolecular Hbond substituents is 1. The van der Waals surface area contributed by atoms with Crippen LogP contribution in [0.25, 0.3) is 0 Å². The molecule has 0 radical (unpaired) electrons. The summed E-state index contributed by atoms with van der Waals surface area (Å²) in [6.07, 6.45) is 3.19. The molecule has 0 bridgehead atoms. The maximum atomic E-state index is 9.54. The van der Waals surface area contributed by atoms with Crippen molar-refractivity contribution in [3.05, 3.63) is 53.2 Å². The minimum Gasteiger partial charge on any atom is -0.507 e. The third-order valence-corrected chi connectivity index (χ3v) is 2.21. The Labute approximate surface area is 98.1 Å². The Hall–Kier alpha value is -1.87. The Bertz CT molecular complexity index is 512. The van der Waals surface area contributed by atoms with E-state index in [2.05, 4.69) is 9.98 Å². The van der Waals surface area contributed by atoms with Crippen LogP contribution in [0.15, 0.2) is 47.6 Å². The number of hydrogen-bond acceptors (Lipinski definition) is 3. The van der Waals surface area contributed by atoms with Crippen molar-refractivity contribution in [2.24, 2.45) is 4.99 Å². The molecule has 16 heavy (non-hydrogen) atoms. The highest BCUT2D eigenvalue weighted by atomic mass is 35.5. The van der Waals surface area contributed by atoms with Crippen molar-refractivity contribution < 1.29 is 5.11 Å². The van der Waals surface area contributed by atoms with Crippen LogP contribution in [0.2, 0.25) is 5.02 Å². The summed E-state index contributed by atoms with van der Waals surface area (Å²) in [4.78, 5) is 8.16. The van der Waals surface area contributed by atoms with Crippen molar-refractivity contribution in [2.75, 3.05) is 0 Å². The van der Waals surface area contributed by atoms with Crippen LogP contribution in [-0.4, -0.2) is 16.3 Å². The number of halogens is 1. The van der Waals surface area contributed by atoms with Crippen LogP contribution >= 0.6 is 11.6 Å². The van der Waals surface area contributed by atoms with Crippen LogP contribution in [0.4, 0.5) is 5.82 Å². The number of pyridine rings is 1. The third kappa shape index (κ3) is 2.58. The molecule has 0 aliphatic rings. The average molecular weight is 233 g/mol. The fraction of sp³-hybridized carbons (Fsp3) is 0. The van der Waals surface area contributed by atoms with E-state index in [1.807, 2.05) is 12.1 Å². The van der Waals surface area contributed by atoms with Gasteiger partial charge in [0.1, 0.15) is 5.75 Å². The second-order valence-corrected chi connectivity index (χ2v) is 3.59. The lowest BCUT2D eigenvalue weighted by atomic mass is 10.2. The molecule has 3 nitrogen and oxygen atoms in total. The smallest absolute Gasteiger partial charge is 0.151 e. The second kappa shape index (κ2) is 4.77. The van der Waals surface area contributed by atoms with Gasteiger partial charge in [-0.15, -0.1) is 0 Å². The number of phenols is 1. The summed E-state index contributed by atoms with van der Waals surface area (Å²) in [5.74, 6) is 0.728. The first-order valence-corrected chi connectivity index (χ1v) is 5.07. The SMILES string of the molecule is Oc1ccc(Cl)cc1/C=N/c1ccccn1. The Morgan fingerprint density at radius 2 is 2.12 bits per heavy atom. The van der Waals surface area contributed by atoms with E-state index in [0.29, 0.717) is 16.4 Å². The van der Waals surface area contributed by atoms with Crippen molar-refractivity contribution in [3.63, 3.8) is 0 Å². The summed E-state index contributed by atoms with van der Waals surface area (Å²) < 4.78 is 0. The highest BCUT2D eigenvalue weighted by Crippen LogP contribution is 2.20. The zero-order chi connectivity index (χ0) is 11.4. The monoisotopic (exact) mass is 232 g/mol. The molecular weight excluding hydrogens is 224 g/mol. The molecule has 0 saturated carbocycles. The highest BCUT2D eigenvalue weighted by Gasteiger charge is 1.98. The molecular formula is C12H9ClN2O. The van der Waals surface area contributed by atoms with Crippen LogP contribution in [0, 0.1) is 0 Å². The molecule has 0 aliphatic carbocycles. The Morgan fingerprint density at radius 1 is 1.25 bits per heavy atom. The van der Waals surface area contributed by atoms with Crippen LogP contribution in [0.3, 0.4) is 0 Å². The van der Waals surface area contributed by atoms with Crippen molar-refractivity contribution in [2.45, 2.75) is 0 Å². The number of hydrogen-bond donors (Lipinski definition) is 1. The standard InChI is InChI=1S/C12H9ClN2O/c13-10-4-5-11(16)9(7-10)8-15-12-3-1-2-6-14-12/h1-8,16H/b15-8+. The summed E-state index contributed by atoms with van der Waals surface area (Å²) in [5, 5.41) is 10.1. The molecule has 0 amide bonds. The molecule has 2 aromatic rings. The van der Waals surface area contributed by atoms with E-state index in [4.69, 9.17) is 11.6 Å². The van der Waals surface area contributed by atoms with Gasteiger partial charge in [0.2, 0.25) is 0 Å². The molecule has 0 fully saturated rings. The highest BCUT2D eigenvalue weighted by molar-refractivity contribution is 6.30. The second-order valence-electron chi connectivity index (χ2n) is 3.15. The Morgan fingerprint density at radius 3 is 2.88 bits per heavy atom. The molecule has 0 aliphatic heterocycles. The number of rotatable bonds is 2. The summed E-state index contributed by atoms with van der Waals surface area (Å²) in [5.41, 5.74) is 0.568. The lowest BCUT2D eigenvalue weighted by molar-refractivity contribution is 0.474. The molecule has 2 rings (SSSR count). The molecule has 0 unspecified atom stereocenters. The van der Waals surface area contributed by atoms with Crippen LogP contribution < -0.4 is 0 Å². The maximum absolute atomic E-state index is 9.54. The van der Waals surface area contributed by atoms with Gasteiger partial charge in [0.25, 0.3) is 0 Å². The van der Waals surface area contributed by atoms with E-state index in [0.717, 1.165) is 0 Å². The van der Waals surface area contributed by atoms with E-state index in [9.17, 15) is 5.11 Å². The minimum absolute atomic E-state index is 0.143. The molecule has 1 aromatic heterocycles. The quantitative estimate of drug-likeness (QED) is 0.809. The molecule has 1 N–H and O–H groups in total. The van der Waals surface area contributed by atoms with Gasteiger partial charge in [-0.3, -0.25) is 0 Å². The van der Waals surface area contributed by atoms with Crippen LogP contribution in [0.1, 0.15) is 5.56 Å². The number of nitrogens with zero attached hydrogens (tertiary/aromatic N) is 2. The third-order valence-electron chi connectivity index (χ3n) is 1.97. The zero-order valence-corrected chi connectivity index (χ0v) is 9.09. The molecule has 0 atom stereocenters. The van der Waals surface area contributed by atoms with E-state index in [-0.39, 0.29) is 5.75 Å². The maximum Gasteiger partial charge on any atom is 0.151 e. The summed E-state index contributed by atoms with van der Waals surface area (Å²) in [7, 11) is 0. The number of aromatic nitrogens is 1. The lowest BCUT2D eigenvalue weighted by Gasteiger charge is -1.98. The Kier molecular flexibility index (Phi) is 3.17. The topological polar surface area (TPSA) is 45.5 Å². The van der Waals surface area contributed by atoms with E-state index in [1.54, 1.807) is 24.4 Å². The van der Waals surface area contributed by atoms with Crippen LogP contribution in [-0.2, 0) is 0 Å². The van der Waals surface area contributed by atoms with Gasteiger partial charge in [0, 0.05) is 23.0 Å². The number of aliphatic imine (C=N–C) groups is 1. The first-order valence-electron chi connectivity index (χ1n) is 4.69. The molecule has 80 valence electrons. The molecule has 1 aromatic carbocycles. The van der Waals surface area contributed by atoms with Crippen molar-refractivity contribution in [3.8, 4) is 5.75 Å². The van der Waals surface area contributed by atoms with Crippen molar-refractivity contribution in [1.29, 1.82) is 0 Å². The van der Waals surface area contributed by atoms with Gasteiger partial charge in [-0.25, -0.2) is 9.98 Å². The van der Waals surface area contributed by atoms with Gasteiger partial charge in [-0.2, -0.15) is 0 Å². The van der Waals surface area contributed by atoms with Gasteiger partial charge in [-0.05, 0) is 30.3 Å². The van der Waals surface area contributed by atoms with Crippen LogP contribution in [0.5, 0.6) is 5.75 Å². The fourth-order valence-corrected chi connectivity index (χ4v) is 1.38. The van der Waals surface area contributed by atoms with E-state index >= 15 is 0 Å². The van der Waals surface area contributed by atoms with E-state index in [1.165, 1.54) is 12.3 Å².